The zero-order chi connectivity index (χ0) is 27.9. The minimum Gasteiger partial charge on any atom is -0.293 e. The molecular formula is C36H28O4. The molecule has 0 N–H and O–H groups in total. The number of benzene rings is 4. The van der Waals surface area contributed by atoms with Crippen LogP contribution in [-0.2, 0) is 0 Å². The van der Waals surface area contributed by atoms with Gasteiger partial charge in [0.2, 0.25) is 0 Å². The quantitative estimate of drug-likeness (QED) is 0.155. The smallest absolute Gasteiger partial charge is 0.174 e. The fraction of sp³-hybridized carbons (Fsp3) is 0.111. The zero-order valence-electron chi connectivity index (χ0n) is 21.8. The van der Waals surface area contributed by atoms with Crippen molar-refractivity contribution in [2.75, 3.05) is 0 Å². The van der Waals surface area contributed by atoms with Crippen LogP contribution in [0.1, 0.15) is 41.4 Å². The number of carbonyl (C=O) groups excluding carboxylic acids is 4. The van der Waals surface area contributed by atoms with E-state index in [4.69, 9.17) is 0 Å². The SMILES string of the molecule is O=C(c1ccccc1)C(C(=O)c1ccccc1)C(C1C=CC=C1)C(C(=O)c1ccccc1)C(=O)c1ccccc1. The van der Waals surface area contributed by atoms with Crippen LogP contribution in [0.15, 0.2) is 146 Å². The maximum Gasteiger partial charge on any atom is 0.174 e. The zero-order valence-corrected chi connectivity index (χ0v) is 21.8. The van der Waals surface area contributed by atoms with Gasteiger partial charge >= 0.3 is 0 Å². The van der Waals surface area contributed by atoms with Gasteiger partial charge in [-0.2, -0.15) is 0 Å². The Morgan fingerprint density at radius 2 is 0.650 bits per heavy atom. The third kappa shape index (κ3) is 5.57. The molecule has 196 valence electrons. The van der Waals surface area contributed by atoms with Crippen LogP contribution in [0.2, 0.25) is 0 Å². The highest BCUT2D eigenvalue weighted by molar-refractivity contribution is 6.20. The lowest BCUT2D eigenvalue weighted by atomic mass is 9.65. The van der Waals surface area contributed by atoms with E-state index in [1.165, 1.54) is 0 Å². The molecular weight excluding hydrogens is 496 g/mol. The Kier molecular flexibility index (Phi) is 8.17. The summed E-state index contributed by atoms with van der Waals surface area (Å²) in [4.78, 5) is 57.2. The van der Waals surface area contributed by atoms with E-state index >= 15 is 0 Å². The lowest BCUT2D eigenvalue weighted by Gasteiger charge is -2.34. The summed E-state index contributed by atoms with van der Waals surface area (Å²) in [5.74, 6) is -5.69. The number of carbonyl (C=O) groups is 4. The number of allylic oxidation sites excluding steroid dienone is 4. The van der Waals surface area contributed by atoms with Gasteiger partial charge in [-0.15, -0.1) is 0 Å². The summed E-state index contributed by atoms with van der Waals surface area (Å²) in [6.07, 6.45) is 7.37. The van der Waals surface area contributed by atoms with Crippen molar-refractivity contribution in [1.82, 2.24) is 0 Å². The van der Waals surface area contributed by atoms with Gasteiger partial charge in [-0.3, -0.25) is 19.2 Å². The standard InChI is InChI=1S/C36H28O4/c37-33(26-17-5-1-6-18-26)31(34(38)27-19-7-2-8-20-27)30(25-15-13-14-16-25)32(35(39)28-21-9-3-10-22-28)36(40)29-23-11-4-12-24-29/h1-25,30-32H. The molecule has 0 bridgehead atoms. The van der Waals surface area contributed by atoms with Gasteiger partial charge in [0.15, 0.2) is 23.1 Å². The molecule has 1 aliphatic carbocycles. The normalized spacial score (nSPS) is 12.8. The lowest BCUT2D eigenvalue weighted by molar-refractivity contribution is 0.0600. The molecule has 1 aliphatic rings. The highest BCUT2D eigenvalue weighted by Gasteiger charge is 2.48. The van der Waals surface area contributed by atoms with Crippen LogP contribution in [-0.4, -0.2) is 23.1 Å². The molecule has 0 saturated heterocycles. The van der Waals surface area contributed by atoms with E-state index in [0.29, 0.717) is 22.3 Å². The first-order valence-corrected chi connectivity index (χ1v) is 13.3. The lowest BCUT2D eigenvalue weighted by Crippen LogP contribution is -2.45. The molecule has 4 aromatic rings. The summed E-state index contributed by atoms with van der Waals surface area (Å²) in [6.45, 7) is 0. The predicted molar refractivity (Wildman–Crippen MR) is 155 cm³/mol. The van der Waals surface area contributed by atoms with Crippen molar-refractivity contribution in [1.29, 1.82) is 0 Å². The Bertz CT molecular complexity index is 1330. The summed E-state index contributed by atoms with van der Waals surface area (Å²) < 4.78 is 0. The van der Waals surface area contributed by atoms with Gasteiger partial charge in [0, 0.05) is 34.1 Å². The number of Topliss-reactive ketones (excluding diaryl/α,β-unsaturated/α-hetero) is 4. The van der Waals surface area contributed by atoms with Crippen molar-refractivity contribution < 1.29 is 19.2 Å². The highest BCUT2D eigenvalue weighted by atomic mass is 16.2. The van der Waals surface area contributed by atoms with Crippen molar-refractivity contribution >= 4 is 23.1 Å². The van der Waals surface area contributed by atoms with E-state index in [1.807, 2.05) is 24.3 Å². The molecule has 0 aromatic heterocycles. The van der Waals surface area contributed by atoms with Crippen LogP contribution >= 0.6 is 0 Å². The van der Waals surface area contributed by atoms with Crippen molar-refractivity contribution in [3.63, 3.8) is 0 Å². The van der Waals surface area contributed by atoms with Gasteiger partial charge in [0.25, 0.3) is 0 Å². The molecule has 5 rings (SSSR count). The van der Waals surface area contributed by atoms with E-state index in [-0.39, 0.29) is 0 Å². The molecule has 4 heteroatoms. The summed E-state index contributed by atoms with van der Waals surface area (Å²) in [6, 6.07) is 34.4. The number of hydrogen-bond acceptors (Lipinski definition) is 4. The summed E-state index contributed by atoms with van der Waals surface area (Å²) >= 11 is 0. The van der Waals surface area contributed by atoms with Crippen molar-refractivity contribution in [2.45, 2.75) is 0 Å². The number of ketones is 4. The van der Waals surface area contributed by atoms with Gasteiger partial charge in [-0.1, -0.05) is 146 Å². The summed E-state index contributed by atoms with van der Waals surface area (Å²) in [5, 5.41) is 0. The van der Waals surface area contributed by atoms with Gasteiger partial charge in [-0.25, -0.2) is 0 Å². The van der Waals surface area contributed by atoms with Crippen molar-refractivity contribution in [2.24, 2.45) is 23.7 Å². The van der Waals surface area contributed by atoms with Crippen LogP contribution in [0.3, 0.4) is 0 Å². The predicted octanol–water partition coefficient (Wildman–Crippen LogP) is 7.11. The largest absolute Gasteiger partial charge is 0.293 e. The maximum atomic E-state index is 14.3. The van der Waals surface area contributed by atoms with Crippen LogP contribution in [0.25, 0.3) is 0 Å². The van der Waals surface area contributed by atoms with Gasteiger partial charge < -0.3 is 0 Å². The molecule has 0 spiro atoms. The molecule has 0 radical (unpaired) electrons. The summed E-state index contributed by atoms with van der Waals surface area (Å²) in [5.41, 5.74) is 1.41. The van der Waals surface area contributed by atoms with Crippen LogP contribution in [0.4, 0.5) is 0 Å². The van der Waals surface area contributed by atoms with Crippen molar-refractivity contribution in [3.05, 3.63) is 168 Å². The molecule has 0 fully saturated rings. The second-order valence-corrected chi connectivity index (χ2v) is 9.80. The molecule has 40 heavy (non-hydrogen) atoms. The Hall–Kier alpha value is -4.96. The molecule has 4 aromatic carbocycles. The topological polar surface area (TPSA) is 68.3 Å². The van der Waals surface area contributed by atoms with E-state index < -0.39 is 46.8 Å². The minimum absolute atomic E-state index is 0.353. The van der Waals surface area contributed by atoms with Crippen LogP contribution in [0.5, 0.6) is 0 Å². The second kappa shape index (κ2) is 12.3. The Balaban J connectivity index is 1.73. The summed E-state index contributed by atoms with van der Waals surface area (Å²) in [7, 11) is 0. The second-order valence-electron chi connectivity index (χ2n) is 9.80. The maximum absolute atomic E-state index is 14.3. The number of hydrogen-bond donors (Lipinski definition) is 0. The molecule has 0 saturated carbocycles. The van der Waals surface area contributed by atoms with E-state index in [9.17, 15) is 19.2 Å². The van der Waals surface area contributed by atoms with Crippen LogP contribution in [0, 0.1) is 23.7 Å². The highest BCUT2D eigenvalue weighted by Crippen LogP contribution is 2.40. The molecule has 4 nitrogen and oxygen atoms in total. The third-order valence-corrected chi connectivity index (χ3v) is 7.36. The van der Waals surface area contributed by atoms with E-state index in [0.717, 1.165) is 0 Å². The molecule has 0 atom stereocenters. The van der Waals surface area contributed by atoms with Gasteiger partial charge in [0.1, 0.15) is 0 Å². The molecule has 0 aliphatic heterocycles. The Morgan fingerprint density at radius 1 is 0.400 bits per heavy atom. The average Bonchev–Trinajstić information content (AvgIpc) is 3.56. The van der Waals surface area contributed by atoms with E-state index in [2.05, 4.69) is 0 Å². The monoisotopic (exact) mass is 524 g/mol. The van der Waals surface area contributed by atoms with Gasteiger partial charge in [0.05, 0.1) is 11.8 Å². The minimum atomic E-state index is -1.28. The third-order valence-electron chi connectivity index (χ3n) is 7.36. The van der Waals surface area contributed by atoms with Crippen molar-refractivity contribution in [3.8, 4) is 0 Å². The Morgan fingerprint density at radius 3 is 0.900 bits per heavy atom. The molecule has 0 amide bonds. The fourth-order valence-corrected chi connectivity index (χ4v) is 5.41. The van der Waals surface area contributed by atoms with Gasteiger partial charge in [-0.05, 0) is 0 Å². The van der Waals surface area contributed by atoms with Crippen LogP contribution < -0.4 is 0 Å². The molecule has 0 heterocycles. The fourth-order valence-electron chi connectivity index (χ4n) is 5.41. The van der Waals surface area contributed by atoms with E-state index in [1.54, 1.807) is 121 Å². The first-order chi connectivity index (χ1) is 19.6. The molecule has 0 unspecified atom stereocenters. The first-order valence-electron chi connectivity index (χ1n) is 13.3. The number of rotatable bonds is 11. The average molecular weight is 525 g/mol. The first kappa shape index (κ1) is 26.6. The Labute approximate surface area is 233 Å².